The van der Waals surface area contributed by atoms with Crippen LogP contribution in [0.4, 0.5) is 0 Å². The maximum Gasteiger partial charge on any atom is 0.254 e. The molecular weight excluding hydrogens is 354 g/mol. The van der Waals surface area contributed by atoms with E-state index in [1.807, 2.05) is 11.4 Å². The molecule has 0 unspecified atom stereocenters. The summed E-state index contributed by atoms with van der Waals surface area (Å²) in [6, 6.07) is 3.79. The SMILES string of the molecule is O=S(=O)(c1sccc1Br)N1CCc2sccc2C1. The molecular formula is C11H10BrNO2S3. The van der Waals surface area contributed by atoms with E-state index in [1.165, 1.54) is 16.2 Å². The van der Waals surface area contributed by atoms with Crippen LogP contribution in [0.1, 0.15) is 10.4 Å². The fraction of sp³-hybridized carbons (Fsp3) is 0.273. The molecule has 0 aliphatic carbocycles. The van der Waals surface area contributed by atoms with Gasteiger partial charge < -0.3 is 0 Å². The van der Waals surface area contributed by atoms with Gasteiger partial charge in [0.2, 0.25) is 0 Å². The van der Waals surface area contributed by atoms with Crippen molar-refractivity contribution in [1.82, 2.24) is 4.31 Å². The lowest BCUT2D eigenvalue weighted by molar-refractivity contribution is 0.395. The van der Waals surface area contributed by atoms with Crippen LogP contribution in [0.2, 0.25) is 0 Å². The second-order valence-electron chi connectivity index (χ2n) is 4.01. The third kappa shape index (κ3) is 2.08. The summed E-state index contributed by atoms with van der Waals surface area (Å²) in [5, 5.41) is 3.82. The summed E-state index contributed by atoms with van der Waals surface area (Å²) in [4.78, 5) is 1.31. The van der Waals surface area contributed by atoms with Crippen LogP contribution in [-0.4, -0.2) is 19.3 Å². The molecule has 0 radical (unpaired) electrons. The first-order valence-electron chi connectivity index (χ1n) is 5.37. The zero-order chi connectivity index (χ0) is 12.8. The zero-order valence-electron chi connectivity index (χ0n) is 9.30. The fourth-order valence-corrected chi connectivity index (χ4v) is 6.77. The summed E-state index contributed by atoms with van der Waals surface area (Å²) in [6.07, 6.45) is 0.815. The molecule has 18 heavy (non-hydrogen) atoms. The van der Waals surface area contributed by atoms with Gasteiger partial charge in [-0.15, -0.1) is 22.7 Å². The van der Waals surface area contributed by atoms with Crippen LogP contribution in [0.5, 0.6) is 0 Å². The van der Waals surface area contributed by atoms with Crippen LogP contribution >= 0.6 is 38.6 Å². The van der Waals surface area contributed by atoms with E-state index in [1.54, 1.807) is 27.1 Å². The molecule has 0 bridgehead atoms. The monoisotopic (exact) mass is 363 g/mol. The molecule has 1 aliphatic heterocycles. The smallest absolute Gasteiger partial charge is 0.206 e. The molecule has 3 rings (SSSR count). The number of fused-ring (bicyclic) bond motifs is 1. The molecule has 3 heterocycles. The molecule has 2 aromatic rings. The van der Waals surface area contributed by atoms with Gasteiger partial charge in [-0.2, -0.15) is 4.31 Å². The van der Waals surface area contributed by atoms with Gasteiger partial charge in [0.05, 0.1) is 0 Å². The Bertz CT molecular complexity index is 674. The third-order valence-electron chi connectivity index (χ3n) is 2.93. The summed E-state index contributed by atoms with van der Waals surface area (Å²) in [5.41, 5.74) is 1.14. The Hall–Kier alpha value is -0.210. The van der Waals surface area contributed by atoms with Gasteiger partial charge in [0.25, 0.3) is 10.0 Å². The topological polar surface area (TPSA) is 37.4 Å². The van der Waals surface area contributed by atoms with Crippen molar-refractivity contribution >= 4 is 48.6 Å². The first kappa shape index (κ1) is 12.8. The number of halogens is 1. The molecule has 96 valence electrons. The number of thiophene rings is 2. The van der Waals surface area contributed by atoms with Gasteiger partial charge in [-0.1, -0.05) is 0 Å². The number of hydrogen-bond acceptors (Lipinski definition) is 4. The molecule has 2 aromatic heterocycles. The van der Waals surface area contributed by atoms with Crippen molar-refractivity contribution in [2.24, 2.45) is 0 Å². The number of hydrogen-bond donors (Lipinski definition) is 0. The molecule has 0 spiro atoms. The Morgan fingerprint density at radius 2 is 2.00 bits per heavy atom. The Morgan fingerprint density at radius 1 is 1.22 bits per heavy atom. The number of sulfonamides is 1. The second-order valence-corrected chi connectivity index (χ2v) is 8.92. The predicted octanol–water partition coefficient (Wildman–Crippen LogP) is 3.32. The zero-order valence-corrected chi connectivity index (χ0v) is 13.3. The Balaban J connectivity index is 1.95. The Morgan fingerprint density at radius 3 is 2.72 bits per heavy atom. The van der Waals surface area contributed by atoms with Gasteiger partial charge in [0, 0.05) is 22.4 Å². The summed E-state index contributed by atoms with van der Waals surface area (Å²) in [6.45, 7) is 1.06. The first-order valence-corrected chi connectivity index (χ1v) is 9.36. The predicted molar refractivity (Wildman–Crippen MR) is 77.6 cm³/mol. The highest BCUT2D eigenvalue weighted by atomic mass is 79.9. The molecule has 0 aromatic carbocycles. The van der Waals surface area contributed by atoms with Crippen LogP contribution in [0.15, 0.2) is 31.6 Å². The van der Waals surface area contributed by atoms with Crippen molar-refractivity contribution in [3.63, 3.8) is 0 Å². The maximum atomic E-state index is 12.5. The van der Waals surface area contributed by atoms with Gasteiger partial charge in [0.1, 0.15) is 4.21 Å². The Labute approximate surface area is 122 Å². The average molecular weight is 364 g/mol. The van der Waals surface area contributed by atoms with Crippen molar-refractivity contribution in [1.29, 1.82) is 0 Å². The van der Waals surface area contributed by atoms with E-state index in [9.17, 15) is 8.42 Å². The van der Waals surface area contributed by atoms with Crippen molar-refractivity contribution in [3.8, 4) is 0 Å². The van der Waals surface area contributed by atoms with Crippen molar-refractivity contribution in [2.75, 3.05) is 6.54 Å². The largest absolute Gasteiger partial charge is 0.254 e. The van der Waals surface area contributed by atoms with Crippen LogP contribution in [0, 0.1) is 0 Å². The number of nitrogens with zero attached hydrogens (tertiary/aromatic N) is 1. The molecule has 0 amide bonds. The van der Waals surface area contributed by atoms with Crippen molar-refractivity contribution in [3.05, 3.63) is 37.8 Å². The van der Waals surface area contributed by atoms with Crippen molar-refractivity contribution in [2.45, 2.75) is 17.2 Å². The van der Waals surface area contributed by atoms with E-state index in [-0.39, 0.29) is 0 Å². The summed E-state index contributed by atoms with van der Waals surface area (Å²) in [5.74, 6) is 0. The van der Waals surface area contributed by atoms with Gasteiger partial charge in [-0.05, 0) is 50.8 Å². The van der Waals surface area contributed by atoms with E-state index in [4.69, 9.17) is 0 Å². The van der Waals surface area contributed by atoms with Crippen molar-refractivity contribution < 1.29 is 8.42 Å². The lowest BCUT2D eigenvalue weighted by atomic mass is 10.1. The van der Waals surface area contributed by atoms with E-state index < -0.39 is 10.0 Å². The molecule has 0 fully saturated rings. The molecule has 1 aliphatic rings. The fourth-order valence-electron chi connectivity index (χ4n) is 2.01. The molecule has 0 atom stereocenters. The third-order valence-corrected chi connectivity index (χ3v) is 8.45. The Kier molecular flexibility index (Phi) is 3.36. The quantitative estimate of drug-likeness (QED) is 0.820. The minimum Gasteiger partial charge on any atom is -0.206 e. The van der Waals surface area contributed by atoms with Crippen LogP contribution in [0.3, 0.4) is 0 Å². The number of rotatable bonds is 2. The highest BCUT2D eigenvalue weighted by Crippen LogP contribution is 2.33. The normalized spacial score (nSPS) is 16.7. The molecule has 7 heteroatoms. The van der Waals surface area contributed by atoms with E-state index in [0.29, 0.717) is 21.8 Å². The summed E-state index contributed by atoms with van der Waals surface area (Å²) < 4.78 is 27.6. The standard InChI is InChI=1S/C11H10BrNO2S3/c12-9-3-6-17-11(9)18(14,15)13-4-1-10-8(7-13)2-5-16-10/h2-3,5-6H,1,4,7H2. The summed E-state index contributed by atoms with van der Waals surface area (Å²) in [7, 11) is -3.36. The van der Waals surface area contributed by atoms with Gasteiger partial charge in [0.15, 0.2) is 0 Å². The highest BCUT2D eigenvalue weighted by molar-refractivity contribution is 9.10. The molecule has 3 nitrogen and oxygen atoms in total. The second kappa shape index (κ2) is 4.72. The van der Waals surface area contributed by atoms with Gasteiger partial charge >= 0.3 is 0 Å². The molecule has 0 N–H and O–H groups in total. The lowest BCUT2D eigenvalue weighted by Crippen LogP contribution is -2.35. The van der Waals surface area contributed by atoms with E-state index >= 15 is 0 Å². The molecule has 0 saturated heterocycles. The van der Waals surface area contributed by atoms with Gasteiger partial charge in [-0.3, -0.25) is 0 Å². The van der Waals surface area contributed by atoms with E-state index in [0.717, 1.165) is 12.0 Å². The minimum atomic E-state index is -3.36. The maximum absolute atomic E-state index is 12.5. The van der Waals surface area contributed by atoms with Crippen LogP contribution < -0.4 is 0 Å². The van der Waals surface area contributed by atoms with Crippen LogP contribution in [0.25, 0.3) is 0 Å². The minimum absolute atomic E-state index is 0.404. The highest BCUT2D eigenvalue weighted by Gasteiger charge is 2.31. The molecule has 0 saturated carbocycles. The lowest BCUT2D eigenvalue weighted by Gasteiger charge is -2.25. The van der Waals surface area contributed by atoms with Gasteiger partial charge in [-0.25, -0.2) is 8.42 Å². The average Bonchev–Trinajstić information content (AvgIpc) is 2.95. The summed E-state index contributed by atoms with van der Waals surface area (Å²) >= 11 is 6.27. The van der Waals surface area contributed by atoms with Crippen LogP contribution in [-0.2, 0) is 23.0 Å². The first-order chi connectivity index (χ1) is 8.59. The van der Waals surface area contributed by atoms with E-state index in [2.05, 4.69) is 15.9 Å².